The van der Waals surface area contributed by atoms with Crippen LogP contribution in [0.4, 0.5) is 0 Å². The van der Waals surface area contributed by atoms with Crippen molar-refractivity contribution >= 4 is 17.8 Å². The normalized spacial score (nSPS) is 38.9. The van der Waals surface area contributed by atoms with Crippen molar-refractivity contribution in [2.45, 2.75) is 76.0 Å². The van der Waals surface area contributed by atoms with Crippen molar-refractivity contribution in [3.63, 3.8) is 0 Å². The Morgan fingerprint density at radius 3 is 2.21 bits per heavy atom. The number of rotatable bonds is 8. The third kappa shape index (κ3) is 6.26. The first-order valence-corrected chi connectivity index (χ1v) is 10.2. The molecule has 2 saturated heterocycles. The van der Waals surface area contributed by atoms with Crippen LogP contribution < -0.4 is 10.4 Å². The van der Waals surface area contributed by atoms with Crippen LogP contribution in [0.3, 0.4) is 0 Å². The molecule has 0 spiro atoms. The molecule has 0 aromatic carbocycles. The lowest BCUT2D eigenvalue weighted by atomic mass is 9.90. The van der Waals surface area contributed by atoms with Crippen LogP contribution in [0.5, 0.6) is 0 Å². The number of hydrogen-bond donors (Lipinski definition) is 4. The van der Waals surface area contributed by atoms with Crippen LogP contribution in [0.1, 0.15) is 20.8 Å². The number of ether oxygens (including phenoxy) is 5. The molecule has 33 heavy (non-hydrogen) atoms. The van der Waals surface area contributed by atoms with E-state index < -0.39 is 85.6 Å². The molecular weight excluding hydrogens is 446 g/mol. The molecule has 10 atom stereocenters. The summed E-state index contributed by atoms with van der Waals surface area (Å²) < 4.78 is 26.8. The largest absolute Gasteiger partial charge is 0.547 e. The molecule has 0 radical (unpaired) electrons. The molecule has 13 heteroatoms. The summed E-state index contributed by atoms with van der Waals surface area (Å²) in [5.41, 5.74) is 0.114. The highest BCUT2D eigenvalue weighted by Gasteiger charge is 2.51. The molecule has 2 aliphatic rings. The van der Waals surface area contributed by atoms with Crippen molar-refractivity contribution in [1.29, 1.82) is 0 Å². The highest BCUT2D eigenvalue weighted by molar-refractivity contribution is 5.86. The molecule has 0 aromatic rings. The summed E-state index contributed by atoms with van der Waals surface area (Å²) in [6.45, 7) is 6.99. The number of aliphatic carboxylic acids is 1. The van der Waals surface area contributed by atoms with Crippen LogP contribution in [-0.2, 0) is 38.1 Å². The van der Waals surface area contributed by atoms with Crippen molar-refractivity contribution < 1.29 is 58.5 Å². The topological polar surface area (TPSA) is 193 Å². The Balaban J connectivity index is 2.30. The van der Waals surface area contributed by atoms with Gasteiger partial charge in [0.15, 0.2) is 12.6 Å². The molecule has 188 valence electrons. The van der Waals surface area contributed by atoms with E-state index >= 15 is 0 Å². The summed E-state index contributed by atoms with van der Waals surface area (Å²) in [4.78, 5) is 34.9. The lowest BCUT2D eigenvalue weighted by Crippen LogP contribution is -2.68. The molecule has 2 heterocycles. The number of esters is 1. The molecule has 2 aliphatic heterocycles. The Kier molecular flexibility index (Phi) is 9.31. The summed E-state index contributed by atoms with van der Waals surface area (Å²) in [5, 5.41) is 45.4. The monoisotopic (exact) mass is 476 g/mol. The number of amides is 1. The van der Waals surface area contributed by atoms with Gasteiger partial charge in [0.25, 0.3) is 0 Å². The molecule has 0 bridgehead atoms. The minimum absolute atomic E-state index is 0.114. The van der Waals surface area contributed by atoms with E-state index in [1.807, 2.05) is 0 Å². The van der Waals surface area contributed by atoms with Gasteiger partial charge in [0, 0.05) is 25.5 Å². The van der Waals surface area contributed by atoms with Crippen LogP contribution in [0.15, 0.2) is 12.2 Å². The smallest absolute Gasteiger partial charge is 0.333 e. The first-order chi connectivity index (χ1) is 15.4. The summed E-state index contributed by atoms with van der Waals surface area (Å²) in [7, 11) is 1.26. The zero-order valence-electron chi connectivity index (χ0n) is 18.7. The number of carbonyl (C=O) groups is 3. The van der Waals surface area contributed by atoms with Crippen molar-refractivity contribution in [2.24, 2.45) is 5.92 Å². The Hall–Kier alpha value is -2.13. The fraction of sp³-hybridized carbons (Fsp3) is 0.750. The number of aliphatic hydroxyl groups is 3. The molecule has 0 saturated carbocycles. The Morgan fingerprint density at radius 1 is 1.06 bits per heavy atom. The molecule has 1 amide bonds. The fourth-order valence-corrected chi connectivity index (χ4v) is 3.63. The second-order valence-electron chi connectivity index (χ2n) is 8.06. The van der Waals surface area contributed by atoms with E-state index in [2.05, 4.69) is 11.9 Å². The molecule has 0 aliphatic carbocycles. The summed E-state index contributed by atoms with van der Waals surface area (Å²) in [5.74, 6) is -3.92. The number of nitrogens with one attached hydrogen (secondary N) is 1. The van der Waals surface area contributed by atoms with E-state index in [1.54, 1.807) is 0 Å². The fourth-order valence-electron chi connectivity index (χ4n) is 3.63. The van der Waals surface area contributed by atoms with Gasteiger partial charge in [0.1, 0.15) is 43.2 Å². The van der Waals surface area contributed by atoms with Crippen LogP contribution >= 0.6 is 0 Å². The van der Waals surface area contributed by atoms with E-state index in [4.69, 9.17) is 23.7 Å². The minimum atomic E-state index is -1.72. The van der Waals surface area contributed by atoms with Gasteiger partial charge in [-0.25, -0.2) is 4.79 Å². The second-order valence-corrected chi connectivity index (χ2v) is 8.06. The van der Waals surface area contributed by atoms with Gasteiger partial charge in [-0.2, -0.15) is 0 Å². The summed E-state index contributed by atoms with van der Waals surface area (Å²) in [6, 6.07) is -1.15. The third-order valence-electron chi connectivity index (χ3n) is 5.45. The lowest BCUT2D eigenvalue weighted by molar-refractivity contribution is -0.359. The van der Waals surface area contributed by atoms with Crippen LogP contribution in [0.25, 0.3) is 0 Å². The maximum Gasteiger partial charge on any atom is 0.333 e. The minimum Gasteiger partial charge on any atom is -0.547 e. The first kappa shape index (κ1) is 27.1. The van der Waals surface area contributed by atoms with Gasteiger partial charge in [0.05, 0.1) is 12.1 Å². The Morgan fingerprint density at radius 2 is 1.70 bits per heavy atom. The average molecular weight is 476 g/mol. The quantitative estimate of drug-likeness (QED) is 0.200. The number of hydrogen-bond acceptors (Lipinski definition) is 12. The van der Waals surface area contributed by atoms with Crippen molar-refractivity contribution in [3.05, 3.63) is 12.2 Å². The van der Waals surface area contributed by atoms with Gasteiger partial charge in [-0.15, -0.1) is 0 Å². The molecule has 13 nitrogen and oxygen atoms in total. The maximum absolute atomic E-state index is 11.7. The molecule has 2 rings (SSSR count). The highest BCUT2D eigenvalue weighted by atomic mass is 16.7. The summed E-state index contributed by atoms with van der Waals surface area (Å²) in [6.07, 6.45) is -11.9. The number of aliphatic hydroxyl groups excluding tert-OH is 3. The molecule has 0 aromatic heterocycles. The predicted octanol–water partition coefficient (Wildman–Crippen LogP) is -3.44. The predicted molar refractivity (Wildman–Crippen MR) is 105 cm³/mol. The van der Waals surface area contributed by atoms with Crippen molar-refractivity contribution in [2.75, 3.05) is 13.7 Å². The van der Waals surface area contributed by atoms with E-state index in [1.165, 1.54) is 27.9 Å². The van der Waals surface area contributed by atoms with Gasteiger partial charge in [-0.05, 0) is 6.92 Å². The number of carboxylic acid groups (broad SMARTS) is 1. The standard InChI is InChI=1S/C20H31NO12/c1-7(2)18(28)30-6-10-13(24)16(11(21-9(4)22)19(29-5)31-10)33-20-14(25)12(23)8(3)15(32-20)17(26)27/h8,10-16,19-20,23-25H,1,6H2,2-5H3,(H,21,22)(H,26,27)/p-1/t8-,10?,11?,12?,13?,14?,15?,16?,19?,20?/m0/s1. The zero-order valence-corrected chi connectivity index (χ0v) is 18.7. The van der Waals surface area contributed by atoms with E-state index in [-0.39, 0.29) is 5.57 Å². The van der Waals surface area contributed by atoms with Gasteiger partial charge in [-0.1, -0.05) is 13.5 Å². The van der Waals surface area contributed by atoms with Crippen molar-refractivity contribution in [3.8, 4) is 0 Å². The number of methoxy groups -OCH3 is 1. The van der Waals surface area contributed by atoms with Crippen molar-refractivity contribution in [1.82, 2.24) is 5.32 Å². The molecule has 9 unspecified atom stereocenters. The van der Waals surface area contributed by atoms with Gasteiger partial charge in [-0.3, -0.25) is 4.79 Å². The molecular formula is C20H30NO12-. The zero-order chi connectivity index (χ0) is 25.0. The van der Waals surface area contributed by atoms with E-state index in [0.29, 0.717) is 0 Å². The first-order valence-electron chi connectivity index (χ1n) is 10.2. The summed E-state index contributed by atoms with van der Waals surface area (Å²) >= 11 is 0. The highest BCUT2D eigenvalue weighted by Crippen LogP contribution is 2.31. The Labute approximate surface area is 190 Å². The molecule has 4 N–H and O–H groups in total. The van der Waals surface area contributed by atoms with Crippen LogP contribution in [0.2, 0.25) is 0 Å². The lowest BCUT2D eigenvalue weighted by Gasteiger charge is -2.47. The van der Waals surface area contributed by atoms with E-state index in [0.717, 1.165) is 0 Å². The molecule has 2 fully saturated rings. The van der Waals surface area contributed by atoms with Gasteiger partial charge < -0.3 is 54.2 Å². The average Bonchev–Trinajstić information content (AvgIpc) is 2.74. The number of carboxylic acids is 1. The number of carbonyl (C=O) groups excluding carboxylic acids is 3. The van der Waals surface area contributed by atoms with E-state index in [9.17, 15) is 34.8 Å². The van der Waals surface area contributed by atoms with Crippen LogP contribution in [-0.4, -0.2) is 102 Å². The van der Waals surface area contributed by atoms with Crippen LogP contribution in [0, 0.1) is 5.92 Å². The SMILES string of the molecule is C=C(C)C(=O)OCC1OC(OC)C(NC(C)=O)C(OC2OC(C(=O)[O-])[C@@H](C)C(O)C2O)C1O. The Bertz CT molecular complexity index is 745. The third-order valence-corrected chi connectivity index (χ3v) is 5.45. The maximum atomic E-state index is 11.7. The van der Waals surface area contributed by atoms with Gasteiger partial charge >= 0.3 is 5.97 Å². The second kappa shape index (κ2) is 11.3. The van der Waals surface area contributed by atoms with Gasteiger partial charge in [0.2, 0.25) is 5.91 Å².